The van der Waals surface area contributed by atoms with Crippen LogP contribution < -0.4 is 4.74 Å². The highest BCUT2D eigenvalue weighted by molar-refractivity contribution is 5.71. The van der Waals surface area contributed by atoms with Gasteiger partial charge in [-0.2, -0.15) is 4.39 Å². The minimum atomic E-state index is -1.02. The summed E-state index contributed by atoms with van der Waals surface area (Å²) in [6, 6.07) is 15.6. The summed E-state index contributed by atoms with van der Waals surface area (Å²) in [5, 5.41) is 0. The van der Waals surface area contributed by atoms with Crippen molar-refractivity contribution in [2.24, 2.45) is 17.8 Å². The third-order valence-corrected chi connectivity index (χ3v) is 9.68. The van der Waals surface area contributed by atoms with E-state index in [0.29, 0.717) is 5.56 Å². The molecular weight excluding hydrogens is 529 g/mol. The first-order valence-corrected chi connectivity index (χ1v) is 15.7. The molecule has 2 fully saturated rings. The molecule has 0 heterocycles. The van der Waals surface area contributed by atoms with Gasteiger partial charge >= 0.3 is 0 Å². The quantitative estimate of drug-likeness (QED) is 0.220. The van der Waals surface area contributed by atoms with Crippen molar-refractivity contribution in [3.05, 3.63) is 102 Å². The van der Waals surface area contributed by atoms with Crippen LogP contribution in [-0.2, 0) is 0 Å². The summed E-state index contributed by atoms with van der Waals surface area (Å²) in [6.07, 6.45) is 18.5. The second-order valence-electron chi connectivity index (χ2n) is 12.2. The maximum atomic E-state index is 15.4. The number of allylic oxidation sites excluding steroid dienone is 2. The summed E-state index contributed by atoms with van der Waals surface area (Å²) in [6.45, 7) is 5.72. The molecule has 0 amide bonds. The summed E-state index contributed by atoms with van der Waals surface area (Å²) in [5.41, 5.74) is 3.14. The van der Waals surface area contributed by atoms with E-state index in [9.17, 15) is 8.78 Å². The van der Waals surface area contributed by atoms with Gasteiger partial charge in [0.25, 0.3) is 0 Å². The molecule has 42 heavy (non-hydrogen) atoms. The average molecular weight is 573 g/mol. The Kier molecular flexibility index (Phi) is 10.3. The molecule has 222 valence electrons. The molecule has 0 spiro atoms. The summed E-state index contributed by atoms with van der Waals surface area (Å²) in [5.74, 6) is 0.567. The van der Waals surface area contributed by atoms with Crippen LogP contribution in [-0.4, -0.2) is 6.61 Å². The molecule has 5 rings (SSSR count). The Morgan fingerprint density at radius 2 is 1.40 bits per heavy atom. The molecule has 4 heteroatoms. The van der Waals surface area contributed by atoms with Crippen molar-refractivity contribution in [1.29, 1.82) is 0 Å². The lowest BCUT2D eigenvalue weighted by Crippen LogP contribution is -2.25. The molecule has 0 atom stereocenters. The third kappa shape index (κ3) is 7.02. The second kappa shape index (κ2) is 14.3. The Hall–Kier alpha value is -3.27. The summed E-state index contributed by atoms with van der Waals surface area (Å²) in [7, 11) is 0. The van der Waals surface area contributed by atoms with Crippen LogP contribution in [0.25, 0.3) is 22.3 Å². The first-order chi connectivity index (χ1) is 20.5. The third-order valence-electron chi connectivity index (χ3n) is 9.68. The first kappa shape index (κ1) is 30.2. The zero-order valence-corrected chi connectivity index (χ0v) is 24.8. The molecule has 3 aromatic rings. The minimum absolute atomic E-state index is 0.0968. The number of hydrogen-bond acceptors (Lipinski definition) is 1. The van der Waals surface area contributed by atoms with Crippen LogP contribution in [0.5, 0.6) is 5.75 Å². The van der Waals surface area contributed by atoms with Gasteiger partial charge in [-0.25, -0.2) is 8.78 Å². The molecule has 0 aromatic heterocycles. The summed E-state index contributed by atoms with van der Waals surface area (Å²) >= 11 is 0. The second-order valence-corrected chi connectivity index (χ2v) is 12.2. The van der Waals surface area contributed by atoms with Crippen molar-refractivity contribution in [3.8, 4) is 28.0 Å². The van der Waals surface area contributed by atoms with Crippen molar-refractivity contribution in [1.82, 2.24) is 0 Å². The van der Waals surface area contributed by atoms with Crippen LogP contribution >= 0.6 is 0 Å². The van der Waals surface area contributed by atoms with Crippen molar-refractivity contribution in [2.75, 3.05) is 6.61 Å². The van der Waals surface area contributed by atoms with E-state index in [4.69, 9.17) is 4.74 Å². The number of benzene rings is 3. The predicted octanol–water partition coefficient (Wildman–Crippen LogP) is 11.4. The Labute approximate surface area is 249 Å². The van der Waals surface area contributed by atoms with Gasteiger partial charge in [0.05, 0.1) is 0 Å². The lowest BCUT2D eigenvalue weighted by atomic mass is 9.68. The molecule has 1 nitrogen and oxygen atoms in total. The van der Waals surface area contributed by atoms with E-state index in [1.807, 2.05) is 24.3 Å². The number of ether oxygens (including phenoxy) is 1. The van der Waals surface area contributed by atoms with E-state index < -0.39 is 11.6 Å². The SMILES string of the molecule is C=CCOc1ccc(-c2ccc(-c3ccc(C4CCC(C5CCC(CCC=CC)CC5)CC4)c(F)c3)cc2)c(F)c1F. The van der Waals surface area contributed by atoms with E-state index >= 15 is 4.39 Å². The normalized spacial score (nSPS) is 22.8. The monoisotopic (exact) mass is 572 g/mol. The van der Waals surface area contributed by atoms with Crippen LogP contribution in [0.3, 0.4) is 0 Å². The highest BCUT2D eigenvalue weighted by atomic mass is 19.2. The minimum Gasteiger partial charge on any atom is -0.486 e. The molecule has 0 radical (unpaired) electrons. The van der Waals surface area contributed by atoms with Crippen molar-refractivity contribution >= 4 is 0 Å². The summed E-state index contributed by atoms with van der Waals surface area (Å²) < 4.78 is 49.8. The Morgan fingerprint density at radius 1 is 0.762 bits per heavy atom. The molecule has 0 N–H and O–H groups in total. The van der Waals surface area contributed by atoms with Crippen LogP contribution in [0.4, 0.5) is 13.2 Å². The average Bonchev–Trinajstić information content (AvgIpc) is 3.02. The maximum absolute atomic E-state index is 15.4. The molecule has 2 saturated carbocycles. The van der Waals surface area contributed by atoms with E-state index in [1.165, 1.54) is 69.6 Å². The van der Waals surface area contributed by atoms with Crippen LogP contribution in [0.15, 0.2) is 79.4 Å². The zero-order chi connectivity index (χ0) is 29.5. The molecular formula is C38H43F3O. The van der Waals surface area contributed by atoms with Gasteiger partial charge in [0.15, 0.2) is 11.6 Å². The van der Waals surface area contributed by atoms with E-state index in [2.05, 4.69) is 25.7 Å². The van der Waals surface area contributed by atoms with Gasteiger partial charge in [-0.05, 0) is 122 Å². The van der Waals surface area contributed by atoms with Gasteiger partial charge in [0.2, 0.25) is 5.82 Å². The fourth-order valence-electron chi connectivity index (χ4n) is 7.24. The molecule has 0 unspecified atom stereocenters. The van der Waals surface area contributed by atoms with E-state index in [0.717, 1.165) is 47.3 Å². The van der Waals surface area contributed by atoms with E-state index in [-0.39, 0.29) is 29.7 Å². The first-order valence-electron chi connectivity index (χ1n) is 15.7. The lowest BCUT2D eigenvalue weighted by Gasteiger charge is -2.38. The number of rotatable bonds is 10. The van der Waals surface area contributed by atoms with Gasteiger partial charge in [0.1, 0.15) is 12.4 Å². The van der Waals surface area contributed by atoms with Gasteiger partial charge in [-0.3, -0.25) is 0 Å². The van der Waals surface area contributed by atoms with Crippen LogP contribution in [0, 0.1) is 35.2 Å². The lowest BCUT2D eigenvalue weighted by molar-refractivity contribution is 0.156. The maximum Gasteiger partial charge on any atom is 0.201 e. The fraction of sp³-hybridized carbons (Fsp3) is 0.421. The molecule has 0 aliphatic heterocycles. The van der Waals surface area contributed by atoms with Crippen LogP contribution in [0.2, 0.25) is 0 Å². The molecule has 0 bridgehead atoms. The smallest absolute Gasteiger partial charge is 0.201 e. The van der Waals surface area contributed by atoms with Crippen molar-refractivity contribution in [3.63, 3.8) is 0 Å². The Bertz CT molecular complexity index is 1360. The largest absolute Gasteiger partial charge is 0.486 e. The predicted molar refractivity (Wildman–Crippen MR) is 167 cm³/mol. The zero-order valence-electron chi connectivity index (χ0n) is 24.8. The highest BCUT2D eigenvalue weighted by Crippen LogP contribution is 2.45. The van der Waals surface area contributed by atoms with Gasteiger partial charge in [-0.15, -0.1) is 0 Å². The number of hydrogen-bond donors (Lipinski definition) is 0. The molecule has 0 saturated heterocycles. The van der Waals surface area contributed by atoms with E-state index in [1.54, 1.807) is 18.2 Å². The Morgan fingerprint density at radius 3 is 2.05 bits per heavy atom. The number of halogens is 3. The Balaban J connectivity index is 1.18. The topological polar surface area (TPSA) is 9.23 Å². The molecule has 3 aromatic carbocycles. The van der Waals surface area contributed by atoms with Gasteiger partial charge in [-0.1, -0.05) is 74.0 Å². The van der Waals surface area contributed by atoms with Gasteiger partial charge < -0.3 is 4.74 Å². The van der Waals surface area contributed by atoms with Gasteiger partial charge in [0, 0.05) is 5.56 Å². The highest BCUT2D eigenvalue weighted by Gasteiger charge is 2.32. The van der Waals surface area contributed by atoms with Crippen molar-refractivity contribution < 1.29 is 17.9 Å². The molecule has 2 aliphatic rings. The van der Waals surface area contributed by atoms with Crippen molar-refractivity contribution in [2.45, 2.75) is 77.0 Å². The fourth-order valence-corrected chi connectivity index (χ4v) is 7.24. The van der Waals surface area contributed by atoms with Crippen LogP contribution in [0.1, 0.15) is 82.6 Å². The standard InChI is InChI=1S/C38H43F3O/c1-3-5-6-7-26-8-10-27(11-9-26)28-12-16-30(17-13-28)33-21-20-32(25-35(33)39)29-14-18-31(19-15-29)34-22-23-36(42-24-4-2)38(41)37(34)40/h3-5,14-15,18-23,25-28,30H,2,6-13,16-17,24H2,1H3. The summed E-state index contributed by atoms with van der Waals surface area (Å²) in [4.78, 5) is 0. The molecule has 2 aliphatic carbocycles.